The third kappa shape index (κ3) is 7.16. The second-order valence-corrected chi connectivity index (χ2v) is 6.33. The fourth-order valence-corrected chi connectivity index (χ4v) is 3.35. The van der Waals surface area contributed by atoms with Crippen molar-refractivity contribution >= 4 is 0 Å². The van der Waals surface area contributed by atoms with Gasteiger partial charge in [0.1, 0.15) is 0 Å². The average Bonchev–Trinajstić information content (AvgIpc) is 3.18. The molecule has 1 aliphatic carbocycles. The molecule has 0 nitrogen and oxygen atoms in total. The van der Waals surface area contributed by atoms with Crippen LogP contribution >= 0.6 is 0 Å². The summed E-state index contributed by atoms with van der Waals surface area (Å²) in [7, 11) is 0. The second kappa shape index (κ2) is 13.0. The molecule has 1 aliphatic rings. The molecule has 0 bridgehead atoms. The van der Waals surface area contributed by atoms with Gasteiger partial charge in [-0.3, -0.25) is 0 Å². The van der Waals surface area contributed by atoms with Crippen LogP contribution in [0, 0.1) is 11.8 Å². The SMILES string of the molecule is CCCCC1(CCCC)C[CH-]C=C1CCC.[Fe+2].c1cc[cH-]c1. The largest absolute Gasteiger partial charge is 2.00 e. The van der Waals surface area contributed by atoms with Crippen molar-refractivity contribution in [3.63, 3.8) is 0 Å². The monoisotopic (exact) mass is 342 g/mol. The average molecular weight is 342 g/mol. The van der Waals surface area contributed by atoms with Crippen LogP contribution in [-0.2, 0) is 17.1 Å². The molecule has 126 valence electrons. The van der Waals surface area contributed by atoms with Gasteiger partial charge in [0.05, 0.1) is 0 Å². The van der Waals surface area contributed by atoms with E-state index in [0.717, 1.165) is 0 Å². The predicted molar refractivity (Wildman–Crippen MR) is 95.4 cm³/mol. The van der Waals surface area contributed by atoms with Gasteiger partial charge in [-0.25, -0.2) is 30.2 Å². The Balaban J connectivity index is 0.000000622. The smallest absolute Gasteiger partial charge is 0.231 e. The summed E-state index contributed by atoms with van der Waals surface area (Å²) in [5, 5.41) is 0. The van der Waals surface area contributed by atoms with Gasteiger partial charge in [-0.1, -0.05) is 77.6 Å². The van der Waals surface area contributed by atoms with E-state index in [0.29, 0.717) is 5.41 Å². The van der Waals surface area contributed by atoms with E-state index in [2.05, 4.69) is 33.3 Å². The Kier molecular flexibility index (Phi) is 12.7. The Morgan fingerprint density at radius 2 is 1.55 bits per heavy atom. The number of allylic oxidation sites excluding steroid dienone is 2. The summed E-state index contributed by atoms with van der Waals surface area (Å²) < 4.78 is 0. The third-order valence-corrected chi connectivity index (χ3v) is 4.60. The van der Waals surface area contributed by atoms with E-state index in [1.807, 2.05) is 30.3 Å². The van der Waals surface area contributed by atoms with E-state index < -0.39 is 0 Å². The molecule has 1 aromatic carbocycles. The van der Waals surface area contributed by atoms with E-state index in [-0.39, 0.29) is 17.1 Å². The van der Waals surface area contributed by atoms with Gasteiger partial charge in [-0.2, -0.15) is 18.2 Å². The molecule has 0 saturated heterocycles. The summed E-state index contributed by atoms with van der Waals surface area (Å²) in [5.74, 6) is 0. The molecular formula is C21H34Fe. The first-order valence-electron chi connectivity index (χ1n) is 8.98. The first-order chi connectivity index (χ1) is 10.3. The van der Waals surface area contributed by atoms with Gasteiger partial charge in [-0.15, -0.1) is 6.42 Å². The van der Waals surface area contributed by atoms with Crippen molar-refractivity contribution in [3.8, 4) is 0 Å². The van der Waals surface area contributed by atoms with E-state index in [4.69, 9.17) is 0 Å². The number of rotatable bonds is 8. The van der Waals surface area contributed by atoms with Gasteiger partial charge < -0.3 is 0 Å². The molecule has 0 aromatic heterocycles. The molecule has 0 unspecified atom stereocenters. The van der Waals surface area contributed by atoms with Crippen molar-refractivity contribution in [2.24, 2.45) is 5.41 Å². The summed E-state index contributed by atoms with van der Waals surface area (Å²) >= 11 is 0. The number of hydrogen-bond acceptors (Lipinski definition) is 0. The fraction of sp³-hybridized carbons (Fsp3) is 0.619. The Morgan fingerprint density at radius 3 is 1.95 bits per heavy atom. The van der Waals surface area contributed by atoms with Crippen LogP contribution in [-0.4, -0.2) is 0 Å². The van der Waals surface area contributed by atoms with Gasteiger partial charge >= 0.3 is 17.1 Å². The van der Waals surface area contributed by atoms with Gasteiger partial charge in [0.2, 0.25) is 0 Å². The topological polar surface area (TPSA) is 0 Å². The summed E-state index contributed by atoms with van der Waals surface area (Å²) in [6, 6.07) is 10.0. The van der Waals surface area contributed by atoms with E-state index in [1.54, 1.807) is 5.57 Å². The number of unbranched alkanes of at least 4 members (excludes halogenated alkanes) is 2. The van der Waals surface area contributed by atoms with Crippen LogP contribution in [0.4, 0.5) is 0 Å². The molecule has 0 N–H and O–H groups in total. The maximum atomic E-state index is 2.44. The van der Waals surface area contributed by atoms with Crippen molar-refractivity contribution in [2.75, 3.05) is 0 Å². The molecule has 0 amide bonds. The zero-order valence-electron chi connectivity index (χ0n) is 14.8. The molecular weight excluding hydrogens is 308 g/mol. The summed E-state index contributed by atoms with van der Waals surface area (Å²) in [5.41, 5.74) is 2.33. The van der Waals surface area contributed by atoms with Gasteiger partial charge in [0.25, 0.3) is 0 Å². The van der Waals surface area contributed by atoms with Crippen LogP contribution < -0.4 is 0 Å². The molecule has 1 heteroatoms. The molecule has 0 spiro atoms. The van der Waals surface area contributed by atoms with Gasteiger partial charge in [0, 0.05) is 0 Å². The van der Waals surface area contributed by atoms with E-state index in [9.17, 15) is 0 Å². The zero-order chi connectivity index (χ0) is 15.4. The van der Waals surface area contributed by atoms with Gasteiger partial charge in [-0.05, 0) is 0 Å². The second-order valence-electron chi connectivity index (χ2n) is 6.33. The molecule has 0 atom stereocenters. The minimum absolute atomic E-state index is 0. The van der Waals surface area contributed by atoms with Crippen LogP contribution in [0.25, 0.3) is 0 Å². The Labute approximate surface area is 149 Å². The zero-order valence-corrected chi connectivity index (χ0v) is 15.9. The van der Waals surface area contributed by atoms with Crippen LogP contribution in [0.3, 0.4) is 0 Å². The molecule has 22 heavy (non-hydrogen) atoms. The fourth-order valence-electron chi connectivity index (χ4n) is 3.35. The first kappa shape index (κ1) is 21.5. The van der Waals surface area contributed by atoms with Crippen molar-refractivity contribution in [1.29, 1.82) is 0 Å². The van der Waals surface area contributed by atoms with Gasteiger partial charge in [0.15, 0.2) is 0 Å². The summed E-state index contributed by atoms with van der Waals surface area (Å²) in [6.45, 7) is 6.94. The summed E-state index contributed by atoms with van der Waals surface area (Å²) in [6.07, 6.45) is 17.1. The van der Waals surface area contributed by atoms with Crippen LogP contribution in [0.1, 0.15) is 78.6 Å². The van der Waals surface area contributed by atoms with E-state index >= 15 is 0 Å². The van der Waals surface area contributed by atoms with Crippen molar-refractivity contribution in [3.05, 3.63) is 48.4 Å². The molecule has 2 rings (SSSR count). The maximum Gasteiger partial charge on any atom is 2.00 e. The first-order valence-corrected chi connectivity index (χ1v) is 8.98. The minimum Gasteiger partial charge on any atom is -0.231 e. The Hall–Kier alpha value is -0.521. The molecule has 0 aliphatic heterocycles. The van der Waals surface area contributed by atoms with Crippen molar-refractivity contribution in [2.45, 2.75) is 78.6 Å². The molecule has 1 aromatic rings. The Morgan fingerprint density at radius 1 is 0.955 bits per heavy atom. The third-order valence-electron chi connectivity index (χ3n) is 4.60. The Bertz CT molecular complexity index is 336. The molecule has 0 heterocycles. The standard InChI is InChI=1S/C16H29.C5H5.Fe/c1-4-7-12-16(13-8-5-2)14-9-11-15(16)10-6-3;1-2-4-5-3-1;/h9,11H,4-8,10,12-14H2,1-3H3;1-5H;/q2*-1;+2. The normalized spacial score (nSPS) is 15.1. The van der Waals surface area contributed by atoms with E-state index in [1.165, 1.54) is 57.8 Å². The quantitative estimate of drug-likeness (QED) is 0.349. The van der Waals surface area contributed by atoms with Crippen molar-refractivity contribution in [1.82, 2.24) is 0 Å². The van der Waals surface area contributed by atoms with Crippen molar-refractivity contribution < 1.29 is 17.1 Å². The van der Waals surface area contributed by atoms with Crippen LogP contribution in [0.5, 0.6) is 0 Å². The minimum atomic E-state index is 0. The predicted octanol–water partition coefficient (Wildman–Crippen LogP) is 7.09. The molecule has 0 fully saturated rings. The maximum absolute atomic E-state index is 2.44. The van der Waals surface area contributed by atoms with Crippen LogP contribution in [0.2, 0.25) is 0 Å². The molecule has 0 radical (unpaired) electrons. The number of hydrogen-bond donors (Lipinski definition) is 0. The molecule has 0 saturated carbocycles. The summed E-state index contributed by atoms with van der Waals surface area (Å²) in [4.78, 5) is 0. The van der Waals surface area contributed by atoms with Crippen LogP contribution in [0.15, 0.2) is 42.0 Å².